The average Bonchev–Trinajstić information content (AvgIpc) is 3.23. The summed E-state index contributed by atoms with van der Waals surface area (Å²) in [5.74, 6) is 2.48. The molecule has 0 atom stereocenters. The number of rotatable bonds is 5. The van der Waals surface area contributed by atoms with Crippen molar-refractivity contribution in [1.82, 2.24) is 9.80 Å². The van der Waals surface area contributed by atoms with Gasteiger partial charge in [0.05, 0.1) is 18.6 Å². The van der Waals surface area contributed by atoms with Gasteiger partial charge in [0.15, 0.2) is 0 Å². The number of hydrogen-bond acceptors (Lipinski definition) is 5. The van der Waals surface area contributed by atoms with Gasteiger partial charge in [-0.15, -0.1) is 11.8 Å². The van der Waals surface area contributed by atoms with Crippen LogP contribution in [0.25, 0.3) is 0 Å². The van der Waals surface area contributed by atoms with E-state index in [0.717, 1.165) is 42.3 Å². The fourth-order valence-electron chi connectivity index (χ4n) is 4.26. The zero-order valence-corrected chi connectivity index (χ0v) is 19.3. The molecule has 2 heterocycles. The van der Waals surface area contributed by atoms with Gasteiger partial charge in [-0.25, -0.2) is 4.79 Å². The fraction of sp³-hybridized carbons (Fsp3) is 0.417. The van der Waals surface area contributed by atoms with Crippen molar-refractivity contribution in [2.75, 3.05) is 44.4 Å². The summed E-state index contributed by atoms with van der Waals surface area (Å²) in [6.45, 7) is 4.50. The molecule has 0 unspecified atom stereocenters. The second-order valence-electron chi connectivity index (χ2n) is 7.85. The number of benzene rings is 2. The van der Waals surface area contributed by atoms with Gasteiger partial charge in [-0.3, -0.25) is 4.79 Å². The van der Waals surface area contributed by atoms with E-state index in [1.54, 1.807) is 7.11 Å². The molecule has 4 rings (SSSR count). The predicted octanol–water partition coefficient (Wildman–Crippen LogP) is 4.31. The van der Waals surface area contributed by atoms with E-state index in [4.69, 9.17) is 9.47 Å². The Morgan fingerprint density at radius 2 is 1.66 bits per heavy atom. The fourth-order valence-corrected chi connectivity index (χ4v) is 5.72. The highest BCUT2D eigenvalue weighted by Gasteiger charge is 2.47. The summed E-state index contributed by atoms with van der Waals surface area (Å²) in [7, 11) is 1.61. The number of carbonyl (C=O) groups is 2. The van der Waals surface area contributed by atoms with Gasteiger partial charge in [0.25, 0.3) is 5.91 Å². The third-order valence-corrected chi connectivity index (χ3v) is 7.56. The van der Waals surface area contributed by atoms with Crippen molar-refractivity contribution in [3.63, 3.8) is 0 Å². The number of carbonyl (C=O) groups excluding carboxylic acids is 2. The number of thioether (sulfide) groups is 1. The van der Waals surface area contributed by atoms with Crippen LogP contribution in [-0.4, -0.2) is 65.7 Å². The molecular weight excluding hydrogens is 426 g/mol. The van der Waals surface area contributed by atoms with Crippen molar-refractivity contribution >= 4 is 29.4 Å². The van der Waals surface area contributed by atoms with E-state index in [0.29, 0.717) is 25.3 Å². The average molecular weight is 456 g/mol. The van der Waals surface area contributed by atoms with E-state index in [9.17, 15) is 9.59 Å². The second kappa shape index (κ2) is 9.73. The van der Waals surface area contributed by atoms with Crippen molar-refractivity contribution in [3.05, 3.63) is 54.1 Å². The molecule has 0 bridgehead atoms. The second-order valence-corrected chi connectivity index (χ2v) is 9.31. The van der Waals surface area contributed by atoms with E-state index in [-0.39, 0.29) is 16.8 Å². The Labute approximate surface area is 193 Å². The minimum absolute atomic E-state index is 0.0462. The zero-order valence-electron chi connectivity index (χ0n) is 18.5. The van der Waals surface area contributed by atoms with Crippen LogP contribution in [0.15, 0.2) is 48.5 Å². The van der Waals surface area contributed by atoms with Crippen LogP contribution >= 0.6 is 11.8 Å². The van der Waals surface area contributed by atoms with Gasteiger partial charge in [0, 0.05) is 36.6 Å². The molecule has 2 aliphatic rings. The summed E-state index contributed by atoms with van der Waals surface area (Å²) >= 11 is 1.84. The number of methoxy groups -OCH3 is 1. The molecular formula is C24H29N3O4S. The maximum Gasteiger partial charge on any atom is 0.321 e. The number of likely N-dealkylation sites (tertiary alicyclic amines) is 1. The lowest BCUT2D eigenvalue weighted by molar-refractivity contribution is 0.0585. The number of nitrogens with one attached hydrogen (secondary N) is 1. The summed E-state index contributed by atoms with van der Waals surface area (Å²) in [6, 6.07) is 14.5. The molecule has 170 valence electrons. The Bertz CT molecular complexity index is 941. The molecule has 2 aromatic carbocycles. The molecule has 0 aromatic heterocycles. The summed E-state index contributed by atoms with van der Waals surface area (Å²) in [5.41, 5.74) is 1.41. The van der Waals surface area contributed by atoms with E-state index in [1.165, 1.54) is 0 Å². The lowest BCUT2D eigenvalue weighted by Gasteiger charge is -2.44. The third-order valence-electron chi connectivity index (χ3n) is 6.01. The molecule has 8 heteroatoms. The van der Waals surface area contributed by atoms with Gasteiger partial charge in [-0.1, -0.05) is 0 Å². The Kier molecular flexibility index (Phi) is 6.79. The largest absolute Gasteiger partial charge is 0.497 e. The van der Waals surface area contributed by atoms with Crippen LogP contribution in [0, 0.1) is 0 Å². The van der Waals surface area contributed by atoms with Crippen LogP contribution < -0.4 is 14.8 Å². The highest BCUT2D eigenvalue weighted by molar-refractivity contribution is 8.00. The number of anilines is 1. The van der Waals surface area contributed by atoms with Gasteiger partial charge in [0.1, 0.15) is 11.5 Å². The van der Waals surface area contributed by atoms with Crippen LogP contribution in [0.4, 0.5) is 10.5 Å². The zero-order chi connectivity index (χ0) is 22.6. The normalized spacial score (nSPS) is 17.3. The first kappa shape index (κ1) is 22.3. The number of amides is 3. The SMILES string of the molecule is CCOc1ccc(NC(=O)N2CCC3(CC2)SCCN3C(=O)c2ccc(OC)cc2)cc1. The number of ether oxygens (including phenoxy) is 2. The summed E-state index contributed by atoms with van der Waals surface area (Å²) in [4.78, 5) is 29.6. The number of nitrogens with zero attached hydrogens (tertiary/aromatic N) is 2. The first-order valence-electron chi connectivity index (χ1n) is 10.9. The van der Waals surface area contributed by atoms with Gasteiger partial charge in [-0.2, -0.15) is 0 Å². The first-order valence-corrected chi connectivity index (χ1v) is 11.9. The molecule has 2 saturated heterocycles. The molecule has 32 heavy (non-hydrogen) atoms. The monoisotopic (exact) mass is 455 g/mol. The molecule has 0 aliphatic carbocycles. The van der Waals surface area contributed by atoms with Crippen molar-refractivity contribution in [3.8, 4) is 11.5 Å². The van der Waals surface area contributed by atoms with Gasteiger partial charge in [-0.05, 0) is 68.3 Å². The van der Waals surface area contributed by atoms with Crippen LogP contribution in [0.1, 0.15) is 30.1 Å². The first-order chi connectivity index (χ1) is 15.5. The van der Waals surface area contributed by atoms with Crippen molar-refractivity contribution in [1.29, 1.82) is 0 Å². The molecule has 3 amide bonds. The molecule has 2 aromatic rings. The Hall–Kier alpha value is -2.87. The topological polar surface area (TPSA) is 71.1 Å². The minimum Gasteiger partial charge on any atom is -0.497 e. The van der Waals surface area contributed by atoms with E-state index >= 15 is 0 Å². The highest BCUT2D eigenvalue weighted by atomic mass is 32.2. The van der Waals surface area contributed by atoms with Crippen LogP contribution in [0.3, 0.4) is 0 Å². The number of urea groups is 1. The van der Waals surface area contributed by atoms with Crippen molar-refractivity contribution in [2.24, 2.45) is 0 Å². The van der Waals surface area contributed by atoms with E-state index in [2.05, 4.69) is 5.32 Å². The van der Waals surface area contributed by atoms with Gasteiger partial charge in [0.2, 0.25) is 0 Å². The van der Waals surface area contributed by atoms with Crippen molar-refractivity contribution < 1.29 is 19.1 Å². The van der Waals surface area contributed by atoms with Gasteiger partial charge >= 0.3 is 6.03 Å². The third kappa shape index (κ3) is 4.65. The van der Waals surface area contributed by atoms with Crippen LogP contribution in [0.2, 0.25) is 0 Å². The van der Waals surface area contributed by atoms with Crippen LogP contribution in [-0.2, 0) is 0 Å². The quantitative estimate of drug-likeness (QED) is 0.728. The summed E-state index contributed by atoms with van der Waals surface area (Å²) in [5, 5.41) is 2.96. The molecule has 2 aliphatic heterocycles. The number of piperidine rings is 1. The Morgan fingerprint density at radius 3 is 2.28 bits per heavy atom. The standard InChI is InChI=1S/C24H29N3O4S/c1-3-31-21-10-6-19(7-11-21)25-23(29)26-14-12-24(13-15-26)27(16-17-32-24)22(28)18-4-8-20(30-2)9-5-18/h4-11H,3,12-17H2,1-2H3,(H,25,29). The molecule has 1 N–H and O–H groups in total. The van der Waals surface area contributed by atoms with Crippen LogP contribution in [0.5, 0.6) is 11.5 Å². The van der Waals surface area contributed by atoms with E-state index in [1.807, 2.05) is 77.0 Å². The highest BCUT2D eigenvalue weighted by Crippen LogP contribution is 2.44. The Balaban J connectivity index is 1.36. The summed E-state index contributed by atoms with van der Waals surface area (Å²) in [6.07, 6.45) is 1.52. The molecule has 0 radical (unpaired) electrons. The lowest BCUT2D eigenvalue weighted by atomic mass is 10.0. The van der Waals surface area contributed by atoms with E-state index < -0.39 is 0 Å². The van der Waals surface area contributed by atoms with Gasteiger partial charge < -0.3 is 24.6 Å². The minimum atomic E-state index is -0.243. The molecule has 7 nitrogen and oxygen atoms in total. The molecule has 1 spiro atoms. The predicted molar refractivity (Wildman–Crippen MR) is 127 cm³/mol. The number of hydrogen-bond donors (Lipinski definition) is 1. The molecule has 2 fully saturated rings. The smallest absolute Gasteiger partial charge is 0.321 e. The Morgan fingerprint density at radius 1 is 1.00 bits per heavy atom. The maximum absolute atomic E-state index is 13.2. The maximum atomic E-state index is 13.2. The lowest BCUT2D eigenvalue weighted by Crippen LogP contribution is -2.54. The summed E-state index contributed by atoms with van der Waals surface area (Å²) < 4.78 is 10.6. The molecule has 0 saturated carbocycles. The van der Waals surface area contributed by atoms with Crippen molar-refractivity contribution in [2.45, 2.75) is 24.6 Å².